The molecule has 0 radical (unpaired) electrons. The molecule has 0 aromatic carbocycles. The summed E-state index contributed by atoms with van der Waals surface area (Å²) in [5.41, 5.74) is 4.68. The first kappa shape index (κ1) is 13.5. The molecule has 0 aliphatic carbocycles. The van der Waals surface area contributed by atoms with E-state index in [2.05, 4.69) is 17.5 Å². The summed E-state index contributed by atoms with van der Waals surface area (Å²) in [7, 11) is 0. The maximum atomic E-state index is 9.28. The zero-order chi connectivity index (χ0) is 12.8. The molecule has 0 fully saturated rings. The fourth-order valence-corrected chi connectivity index (χ4v) is 1.47. The van der Waals surface area contributed by atoms with Crippen molar-refractivity contribution in [2.75, 3.05) is 0 Å². The van der Waals surface area contributed by atoms with E-state index in [-0.39, 0.29) is 6.61 Å². The highest BCUT2D eigenvalue weighted by atomic mass is 35.5. The van der Waals surface area contributed by atoms with Crippen molar-refractivity contribution in [1.82, 2.24) is 5.16 Å². The number of rotatable bonds is 4. The Morgan fingerprint density at radius 2 is 2.35 bits per heavy atom. The van der Waals surface area contributed by atoms with Crippen molar-refractivity contribution >= 4 is 17.2 Å². The Morgan fingerprint density at radius 1 is 1.65 bits per heavy atom. The first-order valence-corrected chi connectivity index (χ1v) is 5.44. The van der Waals surface area contributed by atoms with Crippen molar-refractivity contribution in [1.29, 1.82) is 0 Å². The molecule has 1 N–H and O–H groups in total. The number of hydrogen-bond acceptors (Lipinski definition) is 3. The maximum Gasteiger partial charge on any atom is 0.172 e. The Labute approximate surface area is 105 Å². The predicted octanol–water partition coefficient (Wildman–Crippen LogP) is 3.34. The topological polar surface area (TPSA) is 46.3 Å². The molecule has 0 aliphatic rings. The van der Waals surface area contributed by atoms with Gasteiger partial charge in [0.1, 0.15) is 0 Å². The normalized spacial score (nSPS) is 12.5. The summed E-state index contributed by atoms with van der Waals surface area (Å²) in [5.74, 6) is 0.511. The average molecular weight is 252 g/mol. The van der Waals surface area contributed by atoms with Gasteiger partial charge in [0.15, 0.2) is 5.76 Å². The molecule has 0 spiro atoms. The third-order valence-electron chi connectivity index (χ3n) is 2.14. The molecule has 0 unspecified atom stereocenters. The number of aliphatic hydroxyl groups excluding tert-OH is 1. The largest absolute Gasteiger partial charge is 0.391 e. The summed E-state index contributed by atoms with van der Waals surface area (Å²) < 4.78 is 5.20. The second-order valence-electron chi connectivity index (χ2n) is 3.46. The molecular formula is C13H14ClNO2. The van der Waals surface area contributed by atoms with Gasteiger partial charge in [-0.3, -0.25) is 0 Å². The zero-order valence-corrected chi connectivity index (χ0v) is 10.6. The number of aliphatic hydroxyl groups is 1. The molecule has 1 aromatic heterocycles. The predicted molar refractivity (Wildman–Crippen MR) is 68.5 cm³/mol. The van der Waals surface area contributed by atoms with Crippen molar-refractivity contribution in [3.8, 4) is 0 Å². The van der Waals surface area contributed by atoms with E-state index >= 15 is 0 Å². The molecule has 90 valence electrons. The Hall–Kier alpha value is -1.54. The molecular weight excluding hydrogens is 238 g/mol. The second-order valence-corrected chi connectivity index (χ2v) is 4.05. The lowest BCUT2D eigenvalue weighted by atomic mass is 10.1. The van der Waals surface area contributed by atoms with E-state index in [1.165, 1.54) is 0 Å². The van der Waals surface area contributed by atoms with Gasteiger partial charge >= 0.3 is 0 Å². The van der Waals surface area contributed by atoms with Gasteiger partial charge in [-0.15, -0.1) is 5.73 Å². The van der Waals surface area contributed by atoms with Crippen LogP contribution >= 0.6 is 11.6 Å². The minimum Gasteiger partial charge on any atom is -0.391 e. The van der Waals surface area contributed by atoms with Crippen molar-refractivity contribution in [3.05, 3.63) is 52.6 Å². The smallest absolute Gasteiger partial charge is 0.172 e. The lowest BCUT2D eigenvalue weighted by Gasteiger charge is -1.99. The summed E-state index contributed by atoms with van der Waals surface area (Å²) in [6.07, 6.45) is 5.12. The molecule has 1 heterocycles. The van der Waals surface area contributed by atoms with Gasteiger partial charge in [-0.25, -0.2) is 0 Å². The van der Waals surface area contributed by atoms with Gasteiger partial charge in [-0.1, -0.05) is 23.3 Å². The van der Waals surface area contributed by atoms with Gasteiger partial charge < -0.3 is 9.63 Å². The molecule has 0 aliphatic heterocycles. The number of halogens is 1. The first-order valence-electron chi connectivity index (χ1n) is 5.06. The second kappa shape index (κ2) is 6.26. The van der Waals surface area contributed by atoms with E-state index in [0.717, 1.165) is 5.57 Å². The molecule has 17 heavy (non-hydrogen) atoms. The van der Waals surface area contributed by atoms with Gasteiger partial charge in [0.2, 0.25) is 0 Å². The number of hydrogen-bond donors (Lipinski definition) is 1. The van der Waals surface area contributed by atoms with E-state index < -0.39 is 0 Å². The summed E-state index contributed by atoms with van der Waals surface area (Å²) in [4.78, 5) is 0. The highest BCUT2D eigenvalue weighted by Gasteiger charge is 2.14. The van der Waals surface area contributed by atoms with Crippen LogP contribution in [0.5, 0.6) is 0 Å². The third-order valence-corrected chi connectivity index (χ3v) is 2.25. The van der Waals surface area contributed by atoms with Crippen LogP contribution in [-0.4, -0.2) is 10.3 Å². The van der Waals surface area contributed by atoms with Crippen molar-refractivity contribution in [3.63, 3.8) is 0 Å². The molecule has 0 saturated heterocycles. The number of aryl methyl sites for hydroxylation is 1. The lowest BCUT2D eigenvalue weighted by Crippen LogP contribution is -1.90. The van der Waals surface area contributed by atoms with E-state index in [4.69, 9.17) is 16.1 Å². The number of nitrogens with zero attached hydrogens (tertiary/aromatic N) is 1. The first-order chi connectivity index (χ1) is 8.10. The lowest BCUT2D eigenvalue weighted by molar-refractivity contribution is 0.279. The van der Waals surface area contributed by atoms with Crippen LogP contribution in [0.15, 0.2) is 40.1 Å². The zero-order valence-electron chi connectivity index (χ0n) is 9.83. The van der Waals surface area contributed by atoms with E-state index in [9.17, 15) is 5.11 Å². The molecule has 1 rings (SSSR count). The van der Waals surface area contributed by atoms with Crippen molar-refractivity contribution in [2.45, 2.75) is 20.5 Å². The van der Waals surface area contributed by atoms with Crippen LogP contribution in [0.3, 0.4) is 0 Å². The Morgan fingerprint density at radius 3 is 2.88 bits per heavy atom. The van der Waals surface area contributed by atoms with Crippen LogP contribution in [-0.2, 0) is 6.61 Å². The minimum absolute atomic E-state index is 0.130. The fraction of sp³-hybridized carbons (Fsp3) is 0.231. The summed E-state index contributed by atoms with van der Waals surface area (Å²) in [5, 5.41) is 13.7. The molecule has 0 saturated carbocycles. The molecule has 1 aromatic rings. The van der Waals surface area contributed by atoms with Crippen molar-refractivity contribution < 1.29 is 9.63 Å². The highest BCUT2D eigenvalue weighted by molar-refractivity contribution is 6.29. The van der Waals surface area contributed by atoms with E-state index in [1.54, 1.807) is 32.1 Å². The molecule has 0 atom stereocenters. The van der Waals surface area contributed by atoms with Crippen molar-refractivity contribution in [2.24, 2.45) is 0 Å². The standard InChI is InChI=1S/C13H14ClNO2/c1-4-5-6-11(7-9(2)14)13-12(8-16)10(3)15-17-13/h5-7,16H,1,8H2,2-3H3/b9-7+,11-6+. The van der Waals surface area contributed by atoms with Gasteiger partial charge in [0, 0.05) is 16.2 Å². The molecule has 0 amide bonds. The number of allylic oxidation sites excluding steroid dienone is 5. The summed E-state index contributed by atoms with van der Waals surface area (Å²) >= 11 is 5.85. The quantitative estimate of drug-likeness (QED) is 0.659. The Kier molecular flexibility index (Phi) is 4.98. The average Bonchev–Trinajstić information content (AvgIpc) is 2.65. The molecule has 3 nitrogen and oxygen atoms in total. The van der Waals surface area contributed by atoms with Crippen LogP contribution in [0.25, 0.3) is 5.57 Å². The third kappa shape index (κ3) is 3.46. The van der Waals surface area contributed by atoms with E-state index in [1.807, 2.05) is 0 Å². The summed E-state index contributed by atoms with van der Waals surface area (Å²) in [6, 6.07) is 0. The molecule has 0 bridgehead atoms. The fourth-order valence-electron chi connectivity index (χ4n) is 1.35. The van der Waals surface area contributed by atoms with Gasteiger partial charge in [0.25, 0.3) is 0 Å². The maximum absolute atomic E-state index is 9.28. The number of aromatic nitrogens is 1. The Bertz CT molecular complexity index is 501. The highest BCUT2D eigenvalue weighted by Crippen LogP contribution is 2.25. The Balaban J connectivity index is 3.31. The van der Waals surface area contributed by atoms with Gasteiger partial charge in [-0.05, 0) is 32.1 Å². The summed E-state index contributed by atoms with van der Waals surface area (Å²) in [6.45, 7) is 6.88. The van der Waals surface area contributed by atoms with Gasteiger partial charge in [-0.2, -0.15) is 0 Å². The van der Waals surface area contributed by atoms with Crippen LogP contribution in [0.2, 0.25) is 0 Å². The van der Waals surface area contributed by atoms with Crippen LogP contribution in [0.4, 0.5) is 0 Å². The molecule has 4 heteroatoms. The van der Waals surface area contributed by atoms with Crippen LogP contribution in [0, 0.1) is 6.92 Å². The van der Waals surface area contributed by atoms with Crippen LogP contribution in [0.1, 0.15) is 23.9 Å². The minimum atomic E-state index is -0.130. The SMILES string of the molecule is C=C=C/C=C(\C=C(/C)Cl)c1onc(C)c1CO. The monoisotopic (exact) mass is 251 g/mol. The van der Waals surface area contributed by atoms with Gasteiger partial charge in [0.05, 0.1) is 12.3 Å². The van der Waals surface area contributed by atoms with Crippen LogP contribution < -0.4 is 0 Å². The van der Waals surface area contributed by atoms with E-state index in [0.29, 0.717) is 22.0 Å².